The van der Waals surface area contributed by atoms with E-state index in [9.17, 15) is 60.0 Å². The molecule has 6 aliphatic heterocycles. The highest BCUT2D eigenvalue weighted by molar-refractivity contribution is 5.89. The highest BCUT2D eigenvalue weighted by Crippen LogP contribution is 2.39. The van der Waals surface area contributed by atoms with E-state index in [4.69, 9.17) is 39.5 Å². The van der Waals surface area contributed by atoms with Crippen molar-refractivity contribution < 1.29 is 88.5 Å². The molecule has 2 saturated carbocycles. The number of rotatable bonds is 14. The van der Waals surface area contributed by atoms with Crippen LogP contribution in [0.15, 0.2) is 58.8 Å². The van der Waals surface area contributed by atoms with Gasteiger partial charge in [0.2, 0.25) is 23.6 Å². The van der Waals surface area contributed by atoms with E-state index >= 15 is 0 Å². The van der Waals surface area contributed by atoms with Gasteiger partial charge in [-0.15, -0.1) is 0 Å². The van der Waals surface area contributed by atoms with Crippen LogP contribution in [0, 0.1) is 23.7 Å². The Labute approximate surface area is 435 Å². The number of azide groups is 2. The lowest BCUT2D eigenvalue weighted by Gasteiger charge is -2.44. The van der Waals surface area contributed by atoms with Crippen LogP contribution in [0.25, 0.3) is 20.9 Å². The number of nitrogens with one attached hydrogen (secondary N) is 4. The quantitative estimate of drug-likeness (QED) is 0.0409. The number of aliphatic hydroxyl groups excluding tert-OH is 8. The summed E-state index contributed by atoms with van der Waals surface area (Å²) < 4.78 is 35.7. The normalized spacial score (nSPS) is 35.6. The van der Waals surface area contributed by atoms with Crippen molar-refractivity contribution in [2.75, 3.05) is 39.5 Å². The first-order valence-electron chi connectivity index (χ1n) is 25.1. The zero-order valence-electron chi connectivity index (χ0n) is 41.3. The summed E-state index contributed by atoms with van der Waals surface area (Å²) in [5.74, 6) is -6.24. The van der Waals surface area contributed by atoms with Gasteiger partial charge in [-0.3, -0.25) is 19.2 Å². The Morgan fingerprint density at radius 1 is 0.474 bits per heavy atom. The third-order valence-electron chi connectivity index (χ3n) is 14.5. The number of carbonyl (C=O) groups is 4. The summed E-state index contributed by atoms with van der Waals surface area (Å²) in [4.78, 5) is 62.6. The van der Waals surface area contributed by atoms with Crippen LogP contribution < -0.4 is 21.3 Å². The van der Waals surface area contributed by atoms with Crippen molar-refractivity contribution in [2.45, 2.75) is 138 Å². The molecule has 2 saturated heterocycles. The molecular weight excluding hydrogens is 1000 g/mol. The van der Waals surface area contributed by atoms with Crippen molar-refractivity contribution in [3.8, 4) is 0 Å². The fourth-order valence-corrected chi connectivity index (χ4v) is 10.2. The van der Waals surface area contributed by atoms with Gasteiger partial charge in [0.15, 0.2) is 12.6 Å². The molecule has 4 bridgehead atoms. The van der Waals surface area contributed by atoms with Crippen molar-refractivity contribution in [3.63, 3.8) is 0 Å². The summed E-state index contributed by atoms with van der Waals surface area (Å²) in [6.45, 7) is -1.82. The Balaban J connectivity index is 1.13. The topological polar surface area (TPSA) is 431 Å². The Bertz CT molecular complexity index is 2200. The molecule has 0 unspecified atom stereocenters. The summed E-state index contributed by atoms with van der Waals surface area (Å²) in [6.07, 6.45) is -20.8. The zero-order chi connectivity index (χ0) is 54.5. The van der Waals surface area contributed by atoms with E-state index < -0.39 is 146 Å². The number of ether oxygens (including phenoxy) is 6. The number of amides is 4. The van der Waals surface area contributed by atoms with E-state index in [0.29, 0.717) is 22.3 Å². The molecule has 76 heavy (non-hydrogen) atoms. The van der Waals surface area contributed by atoms with Crippen LogP contribution in [0.1, 0.15) is 47.9 Å². The number of benzene rings is 2. The minimum atomic E-state index is -1.78. The zero-order valence-corrected chi connectivity index (χ0v) is 41.3. The first kappa shape index (κ1) is 58.1. The Morgan fingerprint density at radius 2 is 0.763 bits per heavy atom. The summed E-state index contributed by atoms with van der Waals surface area (Å²) in [5, 5.41) is 102. The van der Waals surface area contributed by atoms with Gasteiger partial charge in [-0.25, -0.2) is 0 Å². The molecule has 28 heteroatoms. The van der Waals surface area contributed by atoms with Gasteiger partial charge in [0.25, 0.3) is 0 Å². The second kappa shape index (κ2) is 27.6. The lowest BCUT2D eigenvalue weighted by molar-refractivity contribution is -0.321. The average Bonchev–Trinajstić information content (AvgIpc) is 3.43. The van der Waals surface area contributed by atoms with Crippen LogP contribution in [0.4, 0.5) is 0 Å². The van der Waals surface area contributed by atoms with Crippen LogP contribution in [-0.2, 0) is 73.8 Å². The molecule has 18 atom stereocenters. The summed E-state index contributed by atoms with van der Waals surface area (Å²) in [6, 6.07) is 13.8. The van der Waals surface area contributed by atoms with Crippen molar-refractivity contribution >= 4 is 23.6 Å². The Morgan fingerprint density at radius 3 is 1.04 bits per heavy atom. The van der Waals surface area contributed by atoms with Gasteiger partial charge in [-0.1, -0.05) is 58.8 Å². The van der Waals surface area contributed by atoms with E-state index in [1.807, 2.05) is 0 Å². The van der Waals surface area contributed by atoms with Crippen molar-refractivity contribution in [2.24, 2.45) is 33.9 Å². The van der Waals surface area contributed by atoms with E-state index in [1.165, 1.54) is 0 Å². The molecular formula is C48H66N10O18. The van der Waals surface area contributed by atoms with Gasteiger partial charge in [-0.05, 0) is 59.0 Å². The lowest BCUT2D eigenvalue weighted by atomic mass is 9.75. The fourth-order valence-electron chi connectivity index (χ4n) is 10.2. The van der Waals surface area contributed by atoms with Gasteiger partial charge < -0.3 is 90.5 Å². The molecule has 2 aliphatic carbocycles. The summed E-state index contributed by atoms with van der Waals surface area (Å²) in [7, 11) is 0. The van der Waals surface area contributed by atoms with Gasteiger partial charge in [0, 0.05) is 49.1 Å². The number of hydrogen-bond acceptors (Lipinski definition) is 20. The number of nitrogens with zero attached hydrogens (tertiary/aromatic N) is 6. The second-order valence-corrected chi connectivity index (χ2v) is 19.3. The van der Waals surface area contributed by atoms with Crippen LogP contribution in [0.5, 0.6) is 0 Å². The molecule has 8 aliphatic rings. The standard InChI is InChI=1S/C48H66N10O18/c49-57-55-9-11-71-31-13-27-29(15-33(31)73-47-41(65)39(63)37(61)35(21-59)75-47)45(69)53-19-25-5-7-26(8-6-25)20-54-46(70)30-16-34(74-48-42(66)40(64)38(62)36(22-60)76-48)32(72-12-10-56-58-50)14-28(30)44(68)52-18-24-2-1-23(3-4-24)17-51-43(27)67/h1-8,27-42,47-48,59-66H,9-22H2,(H,51,67)(H,52,68)(H,53,69)(H,54,70)/t27-,28-,29-,30-,31-,32-,33-,34-,35+,36+,37+,38+,39-,40-,41-,42-,47-,48-/m0/s1. The summed E-state index contributed by atoms with van der Waals surface area (Å²) >= 11 is 0. The van der Waals surface area contributed by atoms with Gasteiger partial charge >= 0.3 is 0 Å². The maximum atomic E-state index is 14.3. The van der Waals surface area contributed by atoms with E-state index in [2.05, 4.69) is 41.3 Å². The van der Waals surface area contributed by atoms with Crippen LogP contribution >= 0.6 is 0 Å². The van der Waals surface area contributed by atoms with Crippen LogP contribution in [0.2, 0.25) is 0 Å². The van der Waals surface area contributed by atoms with E-state index in [-0.39, 0.29) is 78.2 Å². The highest BCUT2D eigenvalue weighted by Gasteiger charge is 2.52. The number of aliphatic hydroxyl groups is 8. The molecule has 2 aromatic carbocycles. The smallest absolute Gasteiger partial charge is 0.224 e. The first-order chi connectivity index (χ1) is 36.6. The minimum absolute atomic E-state index is 0.00616. The number of carbonyl (C=O) groups excluding carboxylic acids is 4. The lowest BCUT2D eigenvalue weighted by Crippen LogP contribution is -2.61. The molecule has 0 aromatic heterocycles. The van der Waals surface area contributed by atoms with Gasteiger partial charge in [0.1, 0.15) is 48.8 Å². The predicted molar refractivity (Wildman–Crippen MR) is 257 cm³/mol. The van der Waals surface area contributed by atoms with E-state index in [0.717, 1.165) is 0 Å². The minimum Gasteiger partial charge on any atom is -0.394 e. The molecule has 416 valence electrons. The maximum Gasteiger partial charge on any atom is 0.224 e. The van der Waals surface area contributed by atoms with Crippen LogP contribution in [0.3, 0.4) is 0 Å². The monoisotopic (exact) mass is 1070 g/mol. The maximum absolute atomic E-state index is 14.3. The van der Waals surface area contributed by atoms with Gasteiger partial charge in [0.05, 0.1) is 74.5 Å². The summed E-state index contributed by atoms with van der Waals surface area (Å²) in [5.41, 5.74) is 20.3. The number of hydrogen-bond donors (Lipinski definition) is 12. The molecule has 10 rings (SSSR count). The Kier molecular flexibility index (Phi) is 21.1. The third-order valence-corrected chi connectivity index (χ3v) is 14.5. The predicted octanol–water partition coefficient (Wildman–Crippen LogP) is -2.32. The largest absolute Gasteiger partial charge is 0.394 e. The molecule has 4 amide bonds. The molecule has 4 fully saturated rings. The SMILES string of the molecule is [N-]=[N+]=NCCO[C@H]1C[C@@H]2C(=O)NCc3ccc(cc3)CNC(=O)[C@H]3C[C@H](OCCN=[N+]=[N-])[C@@H](O[C@H]4O[C@H](CO)[C@@H](O)[C@H](O)[C@@H]4O)C[C@@H]3C(=O)NCc3ccc(cc3)CNC(=O)[C@H]2C[C@@H]1O[C@H]1O[C@H](CO)[C@@H](O)[C@H](O)[C@@H]1O. The average molecular weight is 1070 g/mol. The highest BCUT2D eigenvalue weighted by atomic mass is 16.7. The van der Waals surface area contributed by atoms with E-state index in [1.54, 1.807) is 48.5 Å². The van der Waals surface area contributed by atoms with Crippen molar-refractivity contribution in [1.82, 2.24) is 21.3 Å². The van der Waals surface area contributed by atoms with Crippen LogP contribution in [-0.4, -0.2) is 190 Å². The van der Waals surface area contributed by atoms with Crippen molar-refractivity contribution in [3.05, 3.63) is 91.7 Å². The molecule has 2 aromatic rings. The fraction of sp³-hybridized carbons (Fsp3) is 0.667. The molecule has 12 N–H and O–H groups in total. The third kappa shape index (κ3) is 14.5. The molecule has 0 radical (unpaired) electrons. The molecule has 0 spiro atoms. The second-order valence-electron chi connectivity index (χ2n) is 19.3. The van der Waals surface area contributed by atoms with Gasteiger partial charge in [-0.2, -0.15) is 0 Å². The van der Waals surface area contributed by atoms with Crippen molar-refractivity contribution in [1.29, 1.82) is 0 Å². The molecule has 28 nitrogen and oxygen atoms in total. The molecule has 6 heterocycles. The Hall–Kier alpha value is -5.62. The first-order valence-corrected chi connectivity index (χ1v) is 25.1.